The third kappa shape index (κ3) is 4.56. The van der Waals surface area contributed by atoms with Crippen LogP contribution in [0, 0.1) is 0 Å². The van der Waals surface area contributed by atoms with Crippen LogP contribution >= 0.6 is 0 Å². The Kier molecular flexibility index (Phi) is 6.10. The summed E-state index contributed by atoms with van der Waals surface area (Å²) >= 11 is 0. The number of aliphatic imine (C=N–C) groups is 1. The standard InChI is InChI=1S/C25H25N5O3/c1-16(26-15-31)19-8-13-22-23(14-19)30(33)24(28-22)17-4-9-20(10-5-17)27-25(32)18-6-11-21(12-7-18)29(2)3/h4-14,31,33H,15H2,1-3H3,(H,27,32)/b26-16-. The Labute approximate surface area is 191 Å². The molecular weight excluding hydrogens is 418 g/mol. The lowest BCUT2D eigenvalue weighted by atomic mass is 10.1. The highest BCUT2D eigenvalue weighted by Crippen LogP contribution is 2.26. The van der Waals surface area contributed by atoms with E-state index in [9.17, 15) is 10.0 Å². The fraction of sp³-hybridized carbons (Fsp3) is 0.160. The van der Waals surface area contributed by atoms with E-state index < -0.39 is 0 Å². The summed E-state index contributed by atoms with van der Waals surface area (Å²) in [7, 11) is 3.89. The minimum atomic E-state index is -0.294. The minimum absolute atomic E-state index is 0.199. The molecule has 1 heterocycles. The van der Waals surface area contributed by atoms with E-state index in [0.29, 0.717) is 39.4 Å². The minimum Gasteiger partial charge on any atom is -0.426 e. The number of aromatic nitrogens is 2. The number of anilines is 2. The summed E-state index contributed by atoms with van der Waals surface area (Å²) in [6.45, 7) is 1.50. The number of carbonyl (C=O) groups excluding carboxylic acids is 1. The van der Waals surface area contributed by atoms with Crippen LogP contribution in [-0.4, -0.2) is 52.5 Å². The molecule has 3 aromatic carbocycles. The second-order valence-electron chi connectivity index (χ2n) is 7.81. The van der Waals surface area contributed by atoms with Crippen LogP contribution < -0.4 is 10.2 Å². The molecule has 8 nitrogen and oxygen atoms in total. The number of carbonyl (C=O) groups is 1. The van der Waals surface area contributed by atoms with Gasteiger partial charge in [0.15, 0.2) is 5.82 Å². The van der Waals surface area contributed by atoms with Crippen LogP contribution in [0.1, 0.15) is 22.8 Å². The molecule has 0 saturated carbocycles. The summed E-state index contributed by atoms with van der Waals surface area (Å²) in [4.78, 5) is 23.0. The first-order valence-corrected chi connectivity index (χ1v) is 10.4. The number of aliphatic hydroxyl groups excluding tert-OH is 1. The summed E-state index contributed by atoms with van der Waals surface area (Å²) in [6.07, 6.45) is 0. The summed E-state index contributed by atoms with van der Waals surface area (Å²) in [5.74, 6) is 0.186. The molecular formula is C25H25N5O3. The van der Waals surface area contributed by atoms with Gasteiger partial charge in [0, 0.05) is 42.3 Å². The van der Waals surface area contributed by atoms with Crippen LogP contribution in [0.3, 0.4) is 0 Å². The van der Waals surface area contributed by atoms with Crippen molar-refractivity contribution >= 4 is 34.0 Å². The Morgan fingerprint density at radius 1 is 1.03 bits per heavy atom. The van der Waals surface area contributed by atoms with Crippen molar-refractivity contribution in [3.8, 4) is 11.4 Å². The molecule has 0 radical (unpaired) electrons. The molecule has 3 N–H and O–H groups in total. The van der Waals surface area contributed by atoms with E-state index in [1.807, 2.05) is 37.2 Å². The molecule has 0 aliphatic carbocycles. The van der Waals surface area contributed by atoms with Crippen molar-refractivity contribution in [2.24, 2.45) is 4.99 Å². The fourth-order valence-electron chi connectivity index (χ4n) is 3.49. The number of rotatable bonds is 6. The molecule has 1 amide bonds. The van der Waals surface area contributed by atoms with E-state index in [4.69, 9.17) is 5.11 Å². The highest BCUT2D eigenvalue weighted by atomic mass is 16.5. The number of fused-ring (bicyclic) bond motifs is 1. The van der Waals surface area contributed by atoms with E-state index in [1.54, 1.807) is 55.5 Å². The highest BCUT2D eigenvalue weighted by Gasteiger charge is 2.14. The second kappa shape index (κ2) is 9.13. The monoisotopic (exact) mass is 443 g/mol. The van der Waals surface area contributed by atoms with E-state index >= 15 is 0 Å². The van der Waals surface area contributed by atoms with Gasteiger partial charge in [-0.25, -0.2) is 4.98 Å². The number of hydrogen-bond donors (Lipinski definition) is 3. The average Bonchev–Trinajstić information content (AvgIpc) is 3.15. The number of nitrogens with zero attached hydrogens (tertiary/aromatic N) is 4. The number of aliphatic hydroxyl groups is 1. The van der Waals surface area contributed by atoms with Gasteiger partial charge in [-0.05, 0) is 73.2 Å². The Morgan fingerprint density at radius 3 is 2.33 bits per heavy atom. The van der Waals surface area contributed by atoms with Crippen LogP contribution in [0.15, 0.2) is 71.7 Å². The predicted molar refractivity (Wildman–Crippen MR) is 130 cm³/mol. The van der Waals surface area contributed by atoms with Gasteiger partial charge in [-0.2, -0.15) is 4.73 Å². The maximum Gasteiger partial charge on any atom is 0.255 e. The number of hydrogen-bond acceptors (Lipinski definition) is 6. The van der Waals surface area contributed by atoms with Crippen LogP contribution in [0.5, 0.6) is 0 Å². The number of nitrogens with one attached hydrogen (secondary N) is 1. The molecule has 4 aromatic rings. The van der Waals surface area contributed by atoms with Gasteiger partial charge in [-0.1, -0.05) is 6.07 Å². The van der Waals surface area contributed by atoms with Crippen molar-refractivity contribution in [3.05, 3.63) is 77.9 Å². The molecule has 0 bridgehead atoms. The second-order valence-corrected chi connectivity index (χ2v) is 7.81. The van der Waals surface area contributed by atoms with Crippen LogP contribution in [-0.2, 0) is 0 Å². The summed E-state index contributed by atoms with van der Waals surface area (Å²) in [5, 5.41) is 22.6. The third-order valence-corrected chi connectivity index (χ3v) is 5.40. The first-order valence-electron chi connectivity index (χ1n) is 10.4. The van der Waals surface area contributed by atoms with E-state index in [0.717, 1.165) is 16.0 Å². The SMILES string of the molecule is C/C(=N/CO)c1ccc2nc(-c3ccc(NC(=O)c4ccc(N(C)C)cc4)cc3)n(O)c2c1. The predicted octanol–water partition coefficient (Wildman–Crippen LogP) is 4.02. The maximum atomic E-state index is 12.5. The van der Waals surface area contributed by atoms with Crippen LogP contribution in [0.4, 0.5) is 11.4 Å². The molecule has 0 atom stereocenters. The van der Waals surface area contributed by atoms with Crippen LogP contribution in [0.2, 0.25) is 0 Å². The van der Waals surface area contributed by atoms with E-state index in [1.165, 1.54) is 0 Å². The Morgan fingerprint density at radius 2 is 1.70 bits per heavy atom. The van der Waals surface area contributed by atoms with Gasteiger partial charge in [0.05, 0.1) is 5.52 Å². The quantitative estimate of drug-likeness (QED) is 0.309. The molecule has 0 spiro atoms. The highest BCUT2D eigenvalue weighted by molar-refractivity contribution is 6.04. The molecule has 0 aliphatic rings. The van der Waals surface area contributed by atoms with Gasteiger partial charge in [0.2, 0.25) is 0 Å². The molecule has 0 unspecified atom stereocenters. The fourth-order valence-corrected chi connectivity index (χ4v) is 3.49. The molecule has 8 heteroatoms. The molecule has 1 aromatic heterocycles. The zero-order valence-corrected chi connectivity index (χ0v) is 18.6. The first kappa shape index (κ1) is 22.0. The average molecular weight is 444 g/mol. The van der Waals surface area contributed by atoms with Crippen molar-refractivity contribution in [1.29, 1.82) is 0 Å². The zero-order valence-electron chi connectivity index (χ0n) is 18.6. The van der Waals surface area contributed by atoms with E-state index in [2.05, 4.69) is 15.3 Å². The van der Waals surface area contributed by atoms with Crippen molar-refractivity contribution in [2.45, 2.75) is 6.92 Å². The Bertz CT molecular complexity index is 1320. The smallest absolute Gasteiger partial charge is 0.255 e. The molecule has 33 heavy (non-hydrogen) atoms. The maximum absolute atomic E-state index is 12.5. The molecule has 0 saturated heterocycles. The lowest BCUT2D eigenvalue weighted by Crippen LogP contribution is -2.13. The third-order valence-electron chi connectivity index (χ3n) is 5.40. The number of benzene rings is 3. The Hall–Kier alpha value is -4.17. The van der Waals surface area contributed by atoms with Crippen molar-refractivity contribution in [2.75, 3.05) is 31.0 Å². The lowest BCUT2D eigenvalue weighted by Gasteiger charge is -2.12. The summed E-state index contributed by atoms with van der Waals surface area (Å²) < 4.78 is 1.03. The zero-order chi connectivity index (χ0) is 23.5. The molecule has 168 valence electrons. The van der Waals surface area contributed by atoms with Crippen molar-refractivity contribution in [3.63, 3.8) is 0 Å². The van der Waals surface area contributed by atoms with Gasteiger partial charge in [0.25, 0.3) is 5.91 Å². The molecule has 0 fully saturated rings. The van der Waals surface area contributed by atoms with Gasteiger partial charge in [0.1, 0.15) is 12.2 Å². The van der Waals surface area contributed by atoms with Gasteiger partial charge in [-0.3, -0.25) is 9.79 Å². The molecule has 0 aliphatic heterocycles. The largest absolute Gasteiger partial charge is 0.426 e. The summed E-state index contributed by atoms with van der Waals surface area (Å²) in [6, 6.07) is 19.9. The lowest BCUT2D eigenvalue weighted by molar-refractivity contribution is 0.102. The first-order chi connectivity index (χ1) is 15.9. The number of amides is 1. The van der Waals surface area contributed by atoms with Gasteiger partial charge in [-0.15, -0.1) is 0 Å². The van der Waals surface area contributed by atoms with Crippen molar-refractivity contribution < 1.29 is 15.1 Å². The van der Waals surface area contributed by atoms with Crippen LogP contribution in [0.25, 0.3) is 22.4 Å². The van der Waals surface area contributed by atoms with Crippen molar-refractivity contribution in [1.82, 2.24) is 9.71 Å². The molecule has 4 rings (SSSR count). The normalized spacial score (nSPS) is 11.6. The van der Waals surface area contributed by atoms with Gasteiger partial charge < -0.3 is 20.5 Å². The number of imidazole rings is 1. The topological polar surface area (TPSA) is 103 Å². The van der Waals surface area contributed by atoms with E-state index in [-0.39, 0.29) is 12.6 Å². The Balaban J connectivity index is 1.54. The van der Waals surface area contributed by atoms with Gasteiger partial charge >= 0.3 is 0 Å². The summed E-state index contributed by atoms with van der Waals surface area (Å²) in [5.41, 5.74) is 5.54.